The van der Waals surface area contributed by atoms with Crippen LogP contribution in [0.4, 0.5) is 17.1 Å². The minimum Gasteiger partial charge on any atom is -0.462 e. The minimum absolute atomic E-state index is 0.0436. The Bertz CT molecular complexity index is 1780. The molecule has 0 saturated heterocycles. The average Bonchev–Trinajstić information content (AvgIpc) is 3.08. The molecule has 0 spiro atoms. The molecular formula is C44H57N3O4. The van der Waals surface area contributed by atoms with Crippen molar-refractivity contribution in [3.8, 4) is 0 Å². The number of amides is 1. The van der Waals surface area contributed by atoms with Crippen molar-refractivity contribution in [1.82, 2.24) is 0 Å². The van der Waals surface area contributed by atoms with Crippen molar-refractivity contribution in [3.05, 3.63) is 66.2 Å². The predicted molar refractivity (Wildman–Crippen MR) is 201 cm³/mol. The number of carbonyl (C=O) groups excluding carboxylic acids is 3. The summed E-state index contributed by atoms with van der Waals surface area (Å²) in [6.45, 7) is 17.8. The lowest BCUT2D eigenvalue weighted by Crippen LogP contribution is -2.66. The summed E-state index contributed by atoms with van der Waals surface area (Å²) >= 11 is 0. The quantitative estimate of drug-likeness (QED) is 0.249. The molecular weight excluding hydrogens is 635 g/mol. The highest BCUT2D eigenvalue weighted by molar-refractivity contribution is 5.97. The van der Waals surface area contributed by atoms with Crippen LogP contribution in [-0.4, -0.2) is 23.8 Å². The molecule has 4 fully saturated rings. The number of nitrogens with one attached hydrogen (secondary N) is 1. The van der Waals surface area contributed by atoms with E-state index in [1.54, 1.807) is 0 Å². The number of benzene rings is 2. The minimum atomic E-state index is -0.557. The summed E-state index contributed by atoms with van der Waals surface area (Å²) in [4.78, 5) is 41.0. The molecule has 0 aliphatic heterocycles. The van der Waals surface area contributed by atoms with Gasteiger partial charge < -0.3 is 10.1 Å². The standard InChI is InChI=1S/C44H57N3O4/c1-28(48)51-36-19-20-42(6)35(39(36,2)3)18-21-44(8)37(42)34(49)26-32-33-27-41(5,23-22-40(33,4)24-25-43(32,44)7)38(50)45-29-14-16-31(17-15-29)47-46-30-12-10-9-11-13-30/h9-17,26,33,35-37H,18-25,27H2,1-8H3,(H,45,50)/t33-,35+,36+,37+,40+,41+,42+,43-,44+/m0/s1. The zero-order valence-corrected chi connectivity index (χ0v) is 32.0. The van der Waals surface area contributed by atoms with Gasteiger partial charge in [-0.2, -0.15) is 10.2 Å². The molecule has 4 saturated carbocycles. The van der Waals surface area contributed by atoms with E-state index < -0.39 is 5.41 Å². The summed E-state index contributed by atoms with van der Waals surface area (Å²) in [6, 6.07) is 17.2. The van der Waals surface area contributed by atoms with Gasteiger partial charge in [0.25, 0.3) is 0 Å². The SMILES string of the molecule is CC(=O)O[C@@H]1CC[C@]2(C)[C@H](CC[C@]3(C)[C@@H]2C(=O)C=C2[C@@H]4C[C@](C)(C(=O)Nc5ccc(N=Nc6ccccc6)cc5)CC[C@]4(C)CC[C@@]23C)C1(C)C. The number of ether oxygens (including phenoxy) is 1. The number of nitrogens with zero attached hydrogens (tertiary/aromatic N) is 2. The Labute approximate surface area is 304 Å². The molecule has 5 aliphatic rings. The lowest BCUT2D eigenvalue weighted by Gasteiger charge is -2.70. The number of hydrogen-bond donors (Lipinski definition) is 1. The summed E-state index contributed by atoms with van der Waals surface area (Å²) in [5.41, 5.74) is 2.39. The molecule has 1 N–H and O–H groups in total. The van der Waals surface area contributed by atoms with Crippen LogP contribution in [0.2, 0.25) is 0 Å². The third kappa shape index (κ3) is 5.63. The Hall–Kier alpha value is -3.61. The van der Waals surface area contributed by atoms with Crippen LogP contribution in [0.15, 0.2) is 76.5 Å². The molecule has 0 aromatic heterocycles. The molecule has 0 unspecified atom stereocenters. The summed E-state index contributed by atoms with van der Waals surface area (Å²) in [7, 11) is 0. The van der Waals surface area contributed by atoms with Crippen molar-refractivity contribution < 1.29 is 19.1 Å². The van der Waals surface area contributed by atoms with E-state index in [2.05, 4.69) is 70.1 Å². The van der Waals surface area contributed by atoms with E-state index in [1.807, 2.05) is 54.6 Å². The maximum Gasteiger partial charge on any atom is 0.302 e. The van der Waals surface area contributed by atoms with Gasteiger partial charge in [0.2, 0.25) is 5.91 Å². The zero-order chi connectivity index (χ0) is 36.6. The van der Waals surface area contributed by atoms with Crippen LogP contribution in [0.3, 0.4) is 0 Å². The van der Waals surface area contributed by atoms with E-state index in [0.717, 1.165) is 74.8 Å². The zero-order valence-electron chi connectivity index (χ0n) is 32.0. The maximum atomic E-state index is 14.8. The van der Waals surface area contributed by atoms with Crippen LogP contribution >= 0.6 is 0 Å². The molecule has 1 amide bonds. The van der Waals surface area contributed by atoms with Crippen LogP contribution in [-0.2, 0) is 19.1 Å². The third-order valence-corrected chi connectivity index (χ3v) is 15.5. The molecule has 7 nitrogen and oxygen atoms in total. The molecule has 7 heteroatoms. The molecule has 51 heavy (non-hydrogen) atoms. The van der Waals surface area contributed by atoms with Crippen molar-refractivity contribution in [2.24, 2.45) is 60.5 Å². The fourth-order valence-electron chi connectivity index (χ4n) is 12.3. The third-order valence-electron chi connectivity index (χ3n) is 15.5. The van der Waals surface area contributed by atoms with E-state index in [9.17, 15) is 14.4 Å². The van der Waals surface area contributed by atoms with Crippen LogP contribution in [0.25, 0.3) is 0 Å². The van der Waals surface area contributed by atoms with Gasteiger partial charge in [0.15, 0.2) is 5.78 Å². The van der Waals surface area contributed by atoms with Gasteiger partial charge in [0.05, 0.1) is 11.4 Å². The molecule has 2 aromatic carbocycles. The molecule has 0 bridgehead atoms. The highest BCUT2D eigenvalue weighted by Gasteiger charge is 2.70. The van der Waals surface area contributed by atoms with E-state index in [1.165, 1.54) is 12.5 Å². The van der Waals surface area contributed by atoms with Crippen LogP contribution in [0.1, 0.15) is 113 Å². The van der Waals surface area contributed by atoms with Gasteiger partial charge >= 0.3 is 5.97 Å². The number of ketones is 1. The number of esters is 1. The monoisotopic (exact) mass is 691 g/mol. The molecule has 0 radical (unpaired) electrons. The Kier molecular flexibility index (Phi) is 8.58. The summed E-state index contributed by atoms with van der Waals surface area (Å²) in [5.74, 6) is 0.494. The van der Waals surface area contributed by atoms with E-state index >= 15 is 0 Å². The summed E-state index contributed by atoms with van der Waals surface area (Å²) in [5, 5.41) is 11.9. The number of anilines is 1. The van der Waals surface area contributed by atoms with Gasteiger partial charge in [0.1, 0.15) is 6.10 Å². The molecule has 0 heterocycles. The average molecular weight is 692 g/mol. The largest absolute Gasteiger partial charge is 0.462 e. The molecule has 5 aliphatic carbocycles. The van der Waals surface area contributed by atoms with Crippen molar-refractivity contribution in [3.63, 3.8) is 0 Å². The topological polar surface area (TPSA) is 97.2 Å². The number of hydrogen-bond acceptors (Lipinski definition) is 6. The van der Waals surface area contributed by atoms with Gasteiger partial charge in [0, 0.05) is 29.4 Å². The molecule has 2 aromatic rings. The fraction of sp³-hybridized carbons (Fsp3) is 0.614. The van der Waals surface area contributed by atoms with Crippen LogP contribution in [0, 0.1) is 50.2 Å². The number of allylic oxidation sites excluding steroid dienone is 2. The van der Waals surface area contributed by atoms with Gasteiger partial charge in [-0.15, -0.1) is 0 Å². The normalized spacial score (nSPS) is 39.8. The molecule has 7 rings (SSSR count). The number of fused-ring (bicyclic) bond motifs is 7. The second kappa shape index (κ2) is 12.2. The Morgan fingerprint density at radius 2 is 1.43 bits per heavy atom. The van der Waals surface area contributed by atoms with Gasteiger partial charge in [-0.05, 0) is 134 Å². The molecule has 272 valence electrons. The first-order valence-electron chi connectivity index (χ1n) is 19.3. The first kappa shape index (κ1) is 35.8. The van der Waals surface area contributed by atoms with Gasteiger partial charge in [-0.25, -0.2) is 0 Å². The number of azo groups is 1. The number of carbonyl (C=O) groups is 3. The smallest absolute Gasteiger partial charge is 0.302 e. The van der Waals surface area contributed by atoms with E-state index in [0.29, 0.717) is 5.92 Å². The molecule has 9 atom stereocenters. The summed E-state index contributed by atoms with van der Waals surface area (Å²) < 4.78 is 5.89. The highest BCUT2D eigenvalue weighted by Crippen LogP contribution is 2.75. The Balaban J connectivity index is 1.14. The van der Waals surface area contributed by atoms with Crippen molar-refractivity contribution in [1.29, 1.82) is 0 Å². The van der Waals surface area contributed by atoms with Gasteiger partial charge in [-0.3, -0.25) is 14.4 Å². The van der Waals surface area contributed by atoms with Crippen molar-refractivity contribution in [2.45, 2.75) is 119 Å². The van der Waals surface area contributed by atoms with Gasteiger partial charge in [-0.1, -0.05) is 72.2 Å². The number of rotatable bonds is 5. The van der Waals surface area contributed by atoms with Crippen LogP contribution in [0.5, 0.6) is 0 Å². The Morgan fingerprint density at radius 3 is 2.10 bits per heavy atom. The first-order chi connectivity index (χ1) is 24.0. The van der Waals surface area contributed by atoms with Crippen molar-refractivity contribution >= 4 is 34.7 Å². The van der Waals surface area contributed by atoms with Crippen LogP contribution < -0.4 is 5.32 Å². The predicted octanol–water partition coefficient (Wildman–Crippen LogP) is 11.0. The maximum absolute atomic E-state index is 14.8. The van der Waals surface area contributed by atoms with E-state index in [-0.39, 0.29) is 62.7 Å². The first-order valence-corrected chi connectivity index (χ1v) is 19.3. The highest BCUT2D eigenvalue weighted by atomic mass is 16.5. The second-order valence-corrected chi connectivity index (χ2v) is 18.7. The van der Waals surface area contributed by atoms with Crippen molar-refractivity contribution in [2.75, 3.05) is 5.32 Å². The second-order valence-electron chi connectivity index (χ2n) is 18.7. The lowest BCUT2D eigenvalue weighted by atomic mass is 9.33. The lowest BCUT2D eigenvalue weighted by molar-refractivity contribution is -0.210. The fourth-order valence-corrected chi connectivity index (χ4v) is 12.3. The summed E-state index contributed by atoms with van der Waals surface area (Å²) in [6.07, 6.45) is 10.4. The Morgan fingerprint density at radius 1 is 0.784 bits per heavy atom. The van der Waals surface area contributed by atoms with E-state index in [4.69, 9.17) is 4.74 Å².